The van der Waals surface area contributed by atoms with Crippen molar-refractivity contribution in [3.05, 3.63) is 58.7 Å². The molecule has 110 valence electrons. The van der Waals surface area contributed by atoms with Crippen LogP contribution in [-0.2, 0) is 19.3 Å². The summed E-state index contributed by atoms with van der Waals surface area (Å²) in [5.41, 5.74) is 3.93. The number of rotatable bonds is 3. The van der Waals surface area contributed by atoms with Crippen molar-refractivity contribution in [2.24, 2.45) is 5.92 Å². The predicted octanol–water partition coefficient (Wildman–Crippen LogP) is 5.32. The van der Waals surface area contributed by atoms with Crippen molar-refractivity contribution in [3.8, 4) is 11.1 Å². The molecular weight excluding hydrogens is 266 g/mol. The van der Waals surface area contributed by atoms with Crippen LogP contribution in [0.5, 0.6) is 0 Å². The van der Waals surface area contributed by atoms with Crippen LogP contribution in [0, 0.1) is 17.6 Å². The van der Waals surface area contributed by atoms with Crippen molar-refractivity contribution in [3.63, 3.8) is 0 Å². The molecule has 0 saturated carbocycles. The molecule has 0 aromatic heterocycles. The fourth-order valence-corrected chi connectivity index (χ4v) is 3.26. The van der Waals surface area contributed by atoms with Crippen molar-refractivity contribution >= 4 is 0 Å². The molecule has 1 aliphatic rings. The van der Waals surface area contributed by atoms with Gasteiger partial charge >= 0.3 is 0 Å². The number of hydrogen-bond donors (Lipinski definition) is 0. The van der Waals surface area contributed by atoms with Gasteiger partial charge in [0.15, 0.2) is 11.6 Å². The highest BCUT2D eigenvalue weighted by Crippen LogP contribution is 2.35. The fourth-order valence-electron chi connectivity index (χ4n) is 3.26. The van der Waals surface area contributed by atoms with Crippen LogP contribution in [0.2, 0.25) is 0 Å². The van der Waals surface area contributed by atoms with Crippen LogP contribution < -0.4 is 0 Å². The first-order valence-corrected chi connectivity index (χ1v) is 7.69. The van der Waals surface area contributed by atoms with Gasteiger partial charge in [0.25, 0.3) is 0 Å². The third-order valence-electron chi connectivity index (χ3n) is 4.32. The first-order valence-electron chi connectivity index (χ1n) is 7.69. The lowest BCUT2D eigenvalue weighted by Gasteiger charge is -2.10. The lowest BCUT2D eigenvalue weighted by Crippen LogP contribution is -1.98. The molecular formula is C19H20F2. The Labute approximate surface area is 124 Å². The van der Waals surface area contributed by atoms with Crippen LogP contribution in [-0.4, -0.2) is 0 Å². The Kier molecular flexibility index (Phi) is 3.79. The van der Waals surface area contributed by atoms with Crippen LogP contribution in [0.25, 0.3) is 11.1 Å². The van der Waals surface area contributed by atoms with Gasteiger partial charge in [0, 0.05) is 5.56 Å². The first kappa shape index (κ1) is 14.2. The maximum absolute atomic E-state index is 14.3. The Morgan fingerprint density at radius 3 is 2.43 bits per heavy atom. The van der Waals surface area contributed by atoms with Gasteiger partial charge in [-0.05, 0) is 53.5 Å². The van der Waals surface area contributed by atoms with Crippen LogP contribution in [0.15, 0.2) is 30.3 Å². The van der Waals surface area contributed by atoms with Crippen molar-refractivity contribution in [2.75, 3.05) is 0 Å². The molecule has 0 heterocycles. The Bertz CT molecular complexity index is 656. The zero-order valence-electron chi connectivity index (χ0n) is 12.5. The number of halogens is 2. The van der Waals surface area contributed by atoms with E-state index in [2.05, 4.69) is 13.8 Å². The quantitative estimate of drug-likeness (QED) is 0.716. The lowest BCUT2D eigenvalue weighted by molar-refractivity contribution is 0.499. The summed E-state index contributed by atoms with van der Waals surface area (Å²) in [7, 11) is 0. The van der Waals surface area contributed by atoms with Crippen LogP contribution in [0.1, 0.15) is 37.0 Å². The fraction of sp³-hybridized carbons (Fsp3) is 0.368. The maximum Gasteiger partial charge on any atom is 0.166 e. The van der Waals surface area contributed by atoms with Gasteiger partial charge < -0.3 is 0 Å². The molecule has 0 nitrogen and oxygen atoms in total. The van der Waals surface area contributed by atoms with Gasteiger partial charge in [0.1, 0.15) is 0 Å². The van der Waals surface area contributed by atoms with Crippen LogP contribution >= 0.6 is 0 Å². The molecule has 1 unspecified atom stereocenters. The number of hydrogen-bond acceptors (Lipinski definition) is 0. The minimum Gasteiger partial charge on any atom is -0.203 e. The molecule has 0 bridgehead atoms. The molecule has 0 aliphatic heterocycles. The number of aryl methyl sites for hydroxylation is 1. The summed E-state index contributed by atoms with van der Waals surface area (Å²) in [6.07, 6.45) is 3.58. The summed E-state index contributed by atoms with van der Waals surface area (Å²) < 4.78 is 28.6. The molecule has 0 spiro atoms. The van der Waals surface area contributed by atoms with Crippen LogP contribution in [0.4, 0.5) is 8.78 Å². The molecule has 2 aromatic rings. The predicted molar refractivity (Wildman–Crippen MR) is 82.4 cm³/mol. The van der Waals surface area contributed by atoms with Gasteiger partial charge in [-0.15, -0.1) is 0 Å². The van der Waals surface area contributed by atoms with E-state index in [1.807, 2.05) is 30.3 Å². The Hall–Kier alpha value is -1.70. The van der Waals surface area contributed by atoms with Gasteiger partial charge in [-0.3, -0.25) is 0 Å². The van der Waals surface area contributed by atoms with Gasteiger partial charge in [0.2, 0.25) is 0 Å². The summed E-state index contributed by atoms with van der Waals surface area (Å²) in [4.78, 5) is 0. The molecule has 0 N–H and O–H groups in total. The summed E-state index contributed by atoms with van der Waals surface area (Å²) in [5, 5.41) is 0. The molecule has 21 heavy (non-hydrogen) atoms. The van der Waals surface area contributed by atoms with Gasteiger partial charge in [-0.2, -0.15) is 0 Å². The number of benzene rings is 2. The van der Waals surface area contributed by atoms with E-state index in [0.717, 1.165) is 30.4 Å². The molecule has 1 atom stereocenters. The second-order valence-electron chi connectivity index (χ2n) is 6.15. The first-order chi connectivity index (χ1) is 10.1. The van der Waals surface area contributed by atoms with E-state index in [4.69, 9.17) is 0 Å². The zero-order chi connectivity index (χ0) is 15.0. The van der Waals surface area contributed by atoms with E-state index in [9.17, 15) is 8.78 Å². The van der Waals surface area contributed by atoms with E-state index in [1.165, 1.54) is 5.56 Å². The molecule has 0 saturated heterocycles. The SMILES string of the molecule is CCCc1ccc(-c2cc3c(c(F)c2F)CC(C)C3)cc1. The van der Waals surface area contributed by atoms with E-state index < -0.39 is 11.6 Å². The van der Waals surface area contributed by atoms with Crippen molar-refractivity contribution in [1.82, 2.24) is 0 Å². The van der Waals surface area contributed by atoms with Crippen molar-refractivity contribution in [2.45, 2.75) is 39.5 Å². The second kappa shape index (κ2) is 5.59. The van der Waals surface area contributed by atoms with E-state index in [-0.39, 0.29) is 0 Å². The van der Waals surface area contributed by atoms with Crippen molar-refractivity contribution < 1.29 is 8.78 Å². The van der Waals surface area contributed by atoms with E-state index in [0.29, 0.717) is 23.5 Å². The standard InChI is InChI=1S/C19H20F2/c1-3-4-13-5-7-14(8-6-13)17-11-15-9-12(2)10-16(15)18(20)19(17)21/h5-8,11-12H,3-4,9-10H2,1-2H3. The molecule has 2 heteroatoms. The summed E-state index contributed by atoms with van der Waals surface area (Å²) in [6.45, 7) is 4.21. The summed E-state index contributed by atoms with van der Waals surface area (Å²) >= 11 is 0. The topological polar surface area (TPSA) is 0 Å². The minimum absolute atomic E-state index is 0.392. The van der Waals surface area contributed by atoms with Gasteiger partial charge in [-0.25, -0.2) is 8.78 Å². The molecule has 2 aromatic carbocycles. The average molecular weight is 286 g/mol. The highest BCUT2D eigenvalue weighted by Gasteiger charge is 2.26. The summed E-state index contributed by atoms with van der Waals surface area (Å²) in [6, 6.07) is 9.64. The lowest BCUT2D eigenvalue weighted by atomic mass is 9.97. The molecule has 1 aliphatic carbocycles. The normalized spacial score (nSPS) is 17.0. The molecule has 0 fully saturated rings. The van der Waals surface area contributed by atoms with Gasteiger partial charge in [-0.1, -0.05) is 44.5 Å². The van der Waals surface area contributed by atoms with E-state index >= 15 is 0 Å². The Balaban J connectivity index is 2.03. The molecule has 0 radical (unpaired) electrons. The van der Waals surface area contributed by atoms with Crippen molar-refractivity contribution in [1.29, 1.82) is 0 Å². The summed E-state index contributed by atoms with van der Waals surface area (Å²) in [5.74, 6) is -0.952. The molecule has 0 amide bonds. The highest BCUT2D eigenvalue weighted by molar-refractivity contribution is 5.67. The smallest absolute Gasteiger partial charge is 0.166 e. The minimum atomic E-state index is -0.703. The largest absolute Gasteiger partial charge is 0.203 e. The Morgan fingerprint density at radius 2 is 1.76 bits per heavy atom. The third-order valence-corrected chi connectivity index (χ3v) is 4.32. The monoisotopic (exact) mass is 286 g/mol. The molecule has 3 rings (SSSR count). The zero-order valence-corrected chi connectivity index (χ0v) is 12.5. The van der Waals surface area contributed by atoms with Crippen LogP contribution in [0.3, 0.4) is 0 Å². The number of fused-ring (bicyclic) bond motifs is 1. The highest BCUT2D eigenvalue weighted by atomic mass is 19.2. The Morgan fingerprint density at radius 1 is 1.05 bits per heavy atom. The van der Waals surface area contributed by atoms with E-state index in [1.54, 1.807) is 0 Å². The second-order valence-corrected chi connectivity index (χ2v) is 6.15. The average Bonchev–Trinajstić information content (AvgIpc) is 2.85. The third kappa shape index (κ3) is 2.59. The van der Waals surface area contributed by atoms with Gasteiger partial charge in [0.05, 0.1) is 0 Å². The maximum atomic E-state index is 14.3.